The van der Waals surface area contributed by atoms with E-state index in [9.17, 15) is 4.79 Å². The molecule has 2 aliphatic rings. The highest BCUT2D eigenvalue weighted by molar-refractivity contribution is 9.10. The average Bonchev–Trinajstić information content (AvgIpc) is 2.49. The number of carbonyl (C=O) groups is 1. The fraction of sp³-hybridized carbons (Fsp3) is 0.562. The number of amides is 1. The lowest BCUT2D eigenvalue weighted by Crippen LogP contribution is -2.44. The van der Waals surface area contributed by atoms with Gasteiger partial charge in [0.25, 0.3) is 5.91 Å². The molecule has 3 rings (SSSR count). The summed E-state index contributed by atoms with van der Waals surface area (Å²) in [7, 11) is 0. The zero-order valence-corrected chi connectivity index (χ0v) is 13.8. The van der Waals surface area contributed by atoms with Crippen LogP contribution in [0.1, 0.15) is 42.5 Å². The highest BCUT2D eigenvalue weighted by Crippen LogP contribution is 2.36. The van der Waals surface area contributed by atoms with Crippen molar-refractivity contribution in [2.24, 2.45) is 11.8 Å². The molecule has 2 atom stereocenters. The summed E-state index contributed by atoms with van der Waals surface area (Å²) in [6, 6.07) is 5.47. The Morgan fingerprint density at radius 1 is 1.20 bits per heavy atom. The number of likely N-dealkylation sites (tertiary alicyclic amines) is 1. The highest BCUT2D eigenvalue weighted by Gasteiger charge is 2.33. The number of halogens is 2. The molecule has 1 saturated carbocycles. The van der Waals surface area contributed by atoms with Crippen LogP contribution >= 0.6 is 27.5 Å². The molecule has 1 aromatic carbocycles. The third kappa shape index (κ3) is 2.89. The van der Waals surface area contributed by atoms with Crippen molar-refractivity contribution < 1.29 is 4.79 Å². The second kappa shape index (κ2) is 6.07. The maximum absolute atomic E-state index is 12.6. The number of hydrogen-bond donors (Lipinski definition) is 0. The van der Waals surface area contributed by atoms with E-state index in [4.69, 9.17) is 11.6 Å². The molecule has 20 heavy (non-hydrogen) atoms. The summed E-state index contributed by atoms with van der Waals surface area (Å²) in [6.45, 7) is 1.82. The van der Waals surface area contributed by atoms with Gasteiger partial charge in [-0.25, -0.2) is 0 Å². The molecule has 108 valence electrons. The van der Waals surface area contributed by atoms with Crippen LogP contribution in [-0.2, 0) is 0 Å². The maximum Gasteiger partial charge on any atom is 0.253 e. The van der Waals surface area contributed by atoms with Gasteiger partial charge in [0.1, 0.15) is 0 Å². The highest BCUT2D eigenvalue weighted by atomic mass is 79.9. The number of fused-ring (bicyclic) bond motifs is 1. The van der Waals surface area contributed by atoms with Crippen molar-refractivity contribution in [1.29, 1.82) is 0 Å². The van der Waals surface area contributed by atoms with E-state index in [1.54, 1.807) is 6.07 Å². The van der Waals surface area contributed by atoms with Crippen molar-refractivity contribution in [3.63, 3.8) is 0 Å². The summed E-state index contributed by atoms with van der Waals surface area (Å²) in [6.07, 6.45) is 6.51. The predicted molar refractivity (Wildman–Crippen MR) is 85.1 cm³/mol. The second-order valence-electron chi connectivity index (χ2n) is 5.97. The van der Waals surface area contributed by atoms with Gasteiger partial charge in [-0.2, -0.15) is 0 Å². The Bertz CT molecular complexity index is 519. The fourth-order valence-corrected chi connectivity index (χ4v) is 4.02. The SMILES string of the molecule is O=C(c1ccc(Br)c(Cl)c1)N1CCC2CCCCC2C1. The third-order valence-electron chi connectivity index (χ3n) is 4.74. The van der Waals surface area contributed by atoms with Crippen molar-refractivity contribution in [1.82, 2.24) is 4.90 Å². The number of carbonyl (C=O) groups excluding carboxylic acids is 1. The van der Waals surface area contributed by atoms with E-state index in [1.807, 2.05) is 17.0 Å². The van der Waals surface area contributed by atoms with Gasteiger partial charge in [-0.05, 0) is 58.8 Å². The van der Waals surface area contributed by atoms with Crippen LogP contribution in [0.5, 0.6) is 0 Å². The number of rotatable bonds is 1. The Labute approximate surface area is 133 Å². The van der Waals surface area contributed by atoms with Gasteiger partial charge in [0.05, 0.1) is 5.02 Å². The van der Waals surface area contributed by atoms with Gasteiger partial charge in [0.2, 0.25) is 0 Å². The quantitative estimate of drug-likeness (QED) is 0.710. The van der Waals surface area contributed by atoms with Gasteiger partial charge in [-0.3, -0.25) is 4.79 Å². The zero-order chi connectivity index (χ0) is 14.1. The first-order valence-corrected chi connectivity index (χ1v) is 8.56. The van der Waals surface area contributed by atoms with Crippen LogP contribution in [0.4, 0.5) is 0 Å². The minimum atomic E-state index is 0.128. The number of nitrogens with zero attached hydrogens (tertiary/aromatic N) is 1. The second-order valence-corrected chi connectivity index (χ2v) is 7.23. The first-order valence-electron chi connectivity index (χ1n) is 7.39. The average molecular weight is 357 g/mol. The van der Waals surface area contributed by atoms with E-state index >= 15 is 0 Å². The van der Waals surface area contributed by atoms with Gasteiger partial charge in [0.15, 0.2) is 0 Å². The fourth-order valence-electron chi connectivity index (χ4n) is 3.60. The summed E-state index contributed by atoms with van der Waals surface area (Å²) in [5.74, 6) is 1.69. The summed E-state index contributed by atoms with van der Waals surface area (Å²) in [5, 5.41) is 0.600. The lowest BCUT2D eigenvalue weighted by atomic mass is 9.75. The lowest BCUT2D eigenvalue weighted by Gasteiger charge is -2.41. The Morgan fingerprint density at radius 3 is 2.70 bits per heavy atom. The maximum atomic E-state index is 12.6. The minimum Gasteiger partial charge on any atom is -0.338 e. The van der Waals surface area contributed by atoms with Gasteiger partial charge in [0, 0.05) is 23.1 Å². The van der Waals surface area contributed by atoms with Crippen LogP contribution in [0.15, 0.2) is 22.7 Å². The number of benzene rings is 1. The molecule has 1 saturated heterocycles. The molecular weight excluding hydrogens is 338 g/mol. The number of hydrogen-bond acceptors (Lipinski definition) is 1. The lowest BCUT2D eigenvalue weighted by molar-refractivity contribution is 0.0521. The predicted octanol–water partition coefficient (Wildman–Crippen LogP) is 4.75. The molecule has 0 aromatic heterocycles. The standard InChI is InChI=1S/C16H19BrClNO/c17-14-6-5-12(9-15(14)18)16(20)19-8-7-11-3-1-2-4-13(11)10-19/h5-6,9,11,13H,1-4,7-8,10H2. The van der Waals surface area contributed by atoms with E-state index < -0.39 is 0 Å². The molecule has 1 aliphatic carbocycles. The molecule has 1 aliphatic heterocycles. The van der Waals surface area contributed by atoms with Crippen molar-refractivity contribution in [3.05, 3.63) is 33.3 Å². The van der Waals surface area contributed by atoms with Crippen molar-refractivity contribution in [2.45, 2.75) is 32.1 Å². The summed E-state index contributed by atoms with van der Waals surface area (Å²) in [4.78, 5) is 14.6. The van der Waals surface area contributed by atoms with Crippen LogP contribution in [0.25, 0.3) is 0 Å². The molecule has 4 heteroatoms. The molecule has 1 heterocycles. The molecule has 0 radical (unpaired) electrons. The van der Waals surface area contributed by atoms with Gasteiger partial charge in [-0.15, -0.1) is 0 Å². The van der Waals surface area contributed by atoms with Crippen molar-refractivity contribution in [3.8, 4) is 0 Å². The minimum absolute atomic E-state index is 0.128. The van der Waals surface area contributed by atoms with Gasteiger partial charge >= 0.3 is 0 Å². The Kier molecular flexibility index (Phi) is 4.37. The van der Waals surface area contributed by atoms with E-state index in [-0.39, 0.29) is 5.91 Å². The van der Waals surface area contributed by atoms with E-state index in [1.165, 1.54) is 32.1 Å². The third-order valence-corrected chi connectivity index (χ3v) is 5.98. The van der Waals surface area contributed by atoms with Crippen LogP contribution in [0, 0.1) is 11.8 Å². The Morgan fingerprint density at radius 2 is 1.95 bits per heavy atom. The van der Waals surface area contributed by atoms with E-state index in [0.717, 1.165) is 23.5 Å². The molecule has 2 unspecified atom stereocenters. The monoisotopic (exact) mass is 355 g/mol. The molecule has 0 N–H and O–H groups in total. The molecule has 1 amide bonds. The summed E-state index contributed by atoms with van der Waals surface area (Å²) in [5.41, 5.74) is 0.701. The van der Waals surface area contributed by atoms with E-state index in [2.05, 4.69) is 15.9 Å². The molecule has 0 spiro atoms. The first-order chi connectivity index (χ1) is 9.65. The van der Waals surface area contributed by atoms with Gasteiger partial charge in [-0.1, -0.05) is 30.9 Å². The largest absolute Gasteiger partial charge is 0.338 e. The van der Waals surface area contributed by atoms with E-state index in [0.29, 0.717) is 16.5 Å². The van der Waals surface area contributed by atoms with Crippen LogP contribution in [-0.4, -0.2) is 23.9 Å². The molecule has 2 fully saturated rings. The van der Waals surface area contributed by atoms with Crippen LogP contribution < -0.4 is 0 Å². The van der Waals surface area contributed by atoms with Crippen LogP contribution in [0.3, 0.4) is 0 Å². The molecule has 2 nitrogen and oxygen atoms in total. The van der Waals surface area contributed by atoms with Crippen molar-refractivity contribution in [2.75, 3.05) is 13.1 Å². The Hall–Kier alpha value is -0.540. The Balaban J connectivity index is 1.72. The van der Waals surface area contributed by atoms with Gasteiger partial charge < -0.3 is 4.90 Å². The zero-order valence-electron chi connectivity index (χ0n) is 11.4. The van der Waals surface area contributed by atoms with Crippen LogP contribution in [0.2, 0.25) is 5.02 Å². The smallest absolute Gasteiger partial charge is 0.253 e. The number of piperidine rings is 1. The summed E-state index contributed by atoms with van der Waals surface area (Å²) < 4.78 is 0.835. The molecular formula is C16H19BrClNO. The van der Waals surface area contributed by atoms with Crippen molar-refractivity contribution >= 4 is 33.4 Å². The first kappa shape index (κ1) is 14.4. The topological polar surface area (TPSA) is 20.3 Å². The molecule has 1 aromatic rings. The molecule has 0 bridgehead atoms. The summed E-state index contributed by atoms with van der Waals surface area (Å²) >= 11 is 9.45. The normalized spacial score (nSPS) is 26.2.